The molecule has 0 saturated heterocycles. The maximum Gasteiger partial charge on any atom is 0.330 e. The number of rotatable bonds is 6. The van der Waals surface area contributed by atoms with Gasteiger partial charge in [0.1, 0.15) is 17.0 Å². The van der Waals surface area contributed by atoms with Gasteiger partial charge in [-0.3, -0.25) is 14.2 Å². The van der Waals surface area contributed by atoms with Crippen LogP contribution < -0.4 is 10.5 Å². The number of anilines is 1. The van der Waals surface area contributed by atoms with Crippen LogP contribution in [0.1, 0.15) is 11.1 Å². The SMILES string of the molecule is COC(=O)C(Cc1ccccc1)N=Cc1c(N(C)C)nc2ccccn2c1=O. The first-order valence-electron chi connectivity index (χ1n) is 8.85. The van der Waals surface area contributed by atoms with Crippen molar-refractivity contribution in [2.75, 3.05) is 26.1 Å². The van der Waals surface area contributed by atoms with Crippen molar-refractivity contribution >= 4 is 23.6 Å². The minimum Gasteiger partial charge on any atom is -0.467 e. The Hall–Kier alpha value is -3.48. The van der Waals surface area contributed by atoms with Crippen LogP contribution in [-0.2, 0) is 16.0 Å². The van der Waals surface area contributed by atoms with Gasteiger partial charge in [0.2, 0.25) is 0 Å². The Morgan fingerprint density at radius 2 is 1.93 bits per heavy atom. The predicted octanol–water partition coefficient (Wildman–Crippen LogP) is 1.96. The minimum atomic E-state index is -0.752. The van der Waals surface area contributed by atoms with E-state index in [1.165, 1.54) is 17.7 Å². The summed E-state index contributed by atoms with van der Waals surface area (Å²) in [6.45, 7) is 0. The molecule has 3 rings (SSSR count). The van der Waals surface area contributed by atoms with Gasteiger partial charge in [0.25, 0.3) is 5.56 Å². The summed E-state index contributed by atoms with van der Waals surface area (Å²) in [5, 5.41) is 0. The molecule has 2 aromatic heterocycles. The van der Waals surface area contributed by atoms with Crippen LogP contribution in [0, 0.1) is 0 Å². The van der Waals surface area contributed by atoms with Crippen LogP contribution in [0.5, 0.6) is 0 Å². The number of aliphatic imine (C=N–C) groups is 1. The molecule has 0 bridgehead atoms. The zero-order valence-electron chi connectivity index (χ0n) is 16.1. The van der Waals surface area contributed by atoms with Gasteiger partial charge >= 0.3 is 5.97 Å². The molecule has 28 heavy (non-hydrogen) atoms. The maximum absolute atomic E-state index is 13.0. The monoisotopic (exact) mass is 378 g/mol. The van der Waals surface area contributed by atoms with Crippen LogP contribution in [0.15, 0.2) is 64.5 Å². The number of pyridine rings is 1. The topological polar surface area (TPSA) is 76.3 Å². The number of ether oxygens (including phenoxy) is 1. The molecule has 0 aliphatic heterocycles. The summed E-state index contributed by atoms with van der Waals surface area (Å²) in [6.07, 6.45) is 3.46. The van der Waals surface area contributed by atoms with Crippen LogP contribution in [0.4, 0.5) is 5.82 Å². The van der Waals surface area contributed by atoms with Crippen molar-refractivity contribution in [1.29, 1.82) is 0 Å². The number of esters is 1. The second kappa shape index (κ2) is 8.47. The van der Waals surface area contributed by atoms with Crippen LogP contribution in [0.25, 0.3) is 5.65 Å². The number of hydrogen-bond donors (Lipinski definition) is 0. The van der Waals surface area contributed by atoms with Crippen LogP contribution >= 0.6 is 0 Å². The quantitative estimate of drug-likeness (QED) is 0.484. The highest BCUT2D eigenvalue weighted by molar-refractivity contribution is 5.89. The first-order chi connectivity index (χ1) is 13.5. The van der Waals surface area contributed by atoms with Gasteiger partial charge in [0, 0.05) is 32.9 Å². The molecule has 0 aliphatic rings. The number of nitrogens with zero attached hydrogens (tertiary/aromatic N) is 4. The number of aromatic nitrogens is 2. The molecule has 144 valence electrons. The lowest BCUT2D eigenvalue weighted by Crippen LogP contribution is -2.27. The van der Waals surface area contributed by atoms with Gasteiger partial charge < -0.3 is 9.64 Å². The van der Waals surface area contributed by atoms with Gasteiger partial charge in [-0.05, 0) is 17.7 Å². The lowest BCUT2D eigenvalue weighted by atomic mass is 10.1. The number of carbonyl (C=O) groups excluding carboxylic acids is 1. The predicted molar refractivity (Wildman–Crippen MR) is 109 cm³/mol. The average molecular weight is 378 g/mol. The summed E-state index contributed by atoms with van der Waals surface area (Å²) in [4.78, 5) is 35.8. The van der Waals surface area contributed by atoms with E-state index < -0.39 is 12.0 Å². The van der Waals surface area contributed by atoms with Crippen molar-refractivity contribution in [2.24, 2.45) is 4.99 Å². The van der Waals surface area contributed by atoms with E-state index in [2.05, 4.69) is 9.98 Å². The molecule has 1 aromatic carbocycles. The largest absolute Gasteiger partial charge is 0.467 e. The molecule has 0 amide bonds. The smallest absolute Gasteiger partial charge is 0.330 e. The second-order valence-electron chi connectivity index (χ2n) is 6.48. The molecular formula is C21H22N4O3. The van der Waals surface area contributed by atoms with E-state index >= 15 is 0 Å². The fourth-order valence-corrected chi connectivity index (χ4v) is 2.88. The van der Waals surface area contributed by atoms with Crippen molar-refractivity contribution in [3.8, 4) is 0 Å². The molecular weight excluding hydrogens is 356 g/mol. The van der Waals surface area contributed by atoms with Crippen LogP contribution in [0.3, 0.4) is 0 Å². The Bertz CT molecular complexity index is 1060. The normalized spacial score (nSPS) is 12.2. The minimum absolute atomic E-state index is 0.249. The molecule has 0 saturated carbocycles. The van der Waals surface area contributed by atoms with Gasteiger partial charge in [-0.15, -0.1) is 0 Å². The standard InChI is InChI=1S/C21H22N4O3/c1-24(2)19-16(20(26)25-12-8-7-11-18(25)23-19)14-22-17(21(27)28-3)13-15-9-5-4-6-10-15/h4-12,14,17H,13H2,1-3H3. The number of benzene rings is 1. The molecule has 0 spiro atoms. The number of hydrogen-bond acceptors (Lipinski definition) is 6. The molecule has 7 nitrogen and oxygen atoms in total. The Morgan fingerprint density at radius 3 is 2.61 bits per heavy atom. The van der Waals surface area contributed by atoms with Crippen molar-refractivity contribution in [1.82, 2.24) is 9.38 Å². The summed E-state index contributed by atoms with van der Waals surface area (Å²) in [5.74, 6) is 0.0311. The first kappa shape index (κ1) is 19.3. The fourth-order valence-electron chi connectivity index (χ4n) is 2.88. The van der Waals surface area contributed by atoms with E-state index in [4.69, 9.17) is 4.74 Å². The van der Waals surface area contributed by atoms with E-state index in [9.17, 15) is 9.59 Å². The van der Waals surface area contributed by atoms with Crippen LogP contribution in [0.2, 0.25) is 0 Å². The summed E-state index contributed by atoms with van der Waals surface area (Å²) < 4.78 is 6.35. The summed E-state index contributed by atoms with van der Waals surface area (Å²) in [7, 11) is 4.94. The third-order valence-electron chi connectivity index (χ3n) is 4.30. The van der Waals surface area contributed by atoms with Crippen molar-refractivity contribution < 1.29 is 9.53 Å². The molecule has 0 radical (unpaired) electrons. The van der Waals surface area contributed by atoms with E-state index in [0.717, 1.165) is 5.56 Å². The third-order valence-corrected chi connectivity index (χ3v) is 4.30. The number of fused-ring (bicyclic) bond motifs is 1. The van der Waals surface area contributed by atoms with E-state index in [1.807, 2.05) is 36.4 Å². The first-order valence-corrected chi connectivity index (χ1v) is 8.85. The molecule has 1 atom stereocenters. The van der Waals surface area contributed by atoms with E-state index in [1.54, 1.807) is 37.3 Å². The fraction of sp³-hybridized carbons (Fsp3) is 0.238. The highest BCUT2D eigenvalue weighted by Gasteiger charge is 2.19. The molecule has 7 heteroatoms. The lowest BCUT2D eigenvalue weighted by Gasteiger charge is -2.15. The van der Waals surface area contributed by atoms with E-state index in [-0.39, 0.29) is 5.56 Å². The van der Waals surface area contributed by atoms with Crippen LogP contribution in [-0.4, -0.2) is 48.8 Å². The highest BCUT2D eigenvalue weighted by atomic mass is 16.5. The zero-order valence-corrected chi connectivity index (χ0v) is 16.1. The Kier molecular flexibility index (Phi) is 5.84. The molecule has 1 unspecified atom stereocenters. The van der Waals surface area contributed by atoms with E-state index in [0.29, 0.717) is 23.4 Å². The van der Waals surface area contributed by atoms with Gasteiger partial charge in [0.15, 0.2) is 6.04 Å². The Labute approximate surface area is 162 Å². The molecule has 2 heterocycles. The molecule has 3 aromatic rings. The Balaban J connectivity index is 2.03. The number of carbonyl (C=O) groups is 1. The van der Waals surface area contributed by atoms with Crippen molar-refractivity contribution in [3.63, 3.8) is 0 Å². The highest BCUT2D eigenvalue weighted by Crippen LogP contribution is 2.13. The van der Waals surface area contributed by atoms with Gasteiger partial charge in [-0.2, -0.15) is 0 Å². The average Bonchev–Trinajstić information content (AvgIpc) is 2.72. The molecule has 0 N–H and O–H groups in total. The summed E-state index contributed by atoms with van der Waals surface area (Å²) in [5.41, 5.74) is 1.57. The van der Waals surface area contributed by atoms with Crippen molar-refractivity contribution in [2.45, 2.75) is 12.5 Å². The summed E-state index contributed by atoms with van der Waals surface area (Å²) >= 11 is 0. The maximum atomic E-state index is 13.0. The third kappa shape index (κ3) is 4.09. The summed E-state index contributed by atoms with van der Waals surface area (Å²) in [6, 6.07) is 14.1. The molecule has 0 aliphatic carbocycles. The van der Waals surface area contributed by atoms with Gasteiger partial charge in [-0.1, -0.05) is 36.4 Å². The van der Waals surface area contributed by atoms with Gasteiger partial charge in [0.05, 0.1) is 7.11 Å². The Morgan fingerprint density at radius 1 is 1.21 bits per heavy atom. The lowest BCUT2D eigenvalue weighted by molar-refractivity contribution is -0.142. The zero-order chi connectivity index (χ0) is 20.1. The second-order valence-corrected chi connectivity index (χ2v) is 6.48. The van der Waals surface area contributed by atoms with Crippen molar-refractivity contribution in [3.05, 3.63) is 76.2 Å². The van der Waals surface area contributed by atoms with Gasteiger partial charge in [-0.25, -0.2) is 9.78 Å². The molecule has 0 fully saturated rings. The number of methoxy groups -OCH3 is 1.